The molecular weight excluding hydrogens is 288 g/mol. The van der Waals surface area contributed by atoms with E-state index in [1.54, 1.807) is 0 Å². The minimum Gasteiger partial charge on any atom is -0.270 e. The third kappa shape index (κ3) is 11.0. The van der Waals surface area contributed by atoms with E-state index in [1.165, 1.54) is 16.7 Å². The van der Waals surface area contributed by atoms with Gasteiger partial charge >= 0.3 is 21.7 Å². The zero-order valence-electron chi connectivity index (χ0n) is 13.0. The largest absolute Gasteiger partial charge is 3.00 e. The molecule has 0 saturated heterocycles. The first-order chi connectivity index (χ1) is 9.68. The van der Waals surface area contributed by atoms with Gasteiger partial charge < -0.3 is 0 Å². The maximum absolute atomic E-state index is 3.12. The van der Waals surface area contributed by atoms with E-state index in [0.717, 1.165) is 6.42 Å². The van der Waals surface area contributed by atoms with Crippen LogP contribution in [0.2, 0.25) is 0 Å². The summed E-state index contributed by atoms with van der Waals surface area (Å²) in [4.78, 5) is 0. The van der Waals surface area contributed by atoms with Gasteiger partial charge in [0, 0.05) is 0 Å². The SMILES string of the molecule is CC1=[C-]CC=C1.Cc1cc[c-]cc1.Cc1cc[c-]cc1.[Ti+3]. The molecule has 1 aliphatic carbocycles. The van der Waals surface area contributed by atoms with Gasteiger partial charge in [-0.1, -0.05) is 20.8 Å². The quantitative estimate of drug-likeness (QED) is 0.458. The second-order valence-electron chi connectivity index (χ2n) is 4.62. The van der Waals surface area contributed by atoms with E-state index < -0.39 is 0 Å². The van der Waals surface area contributed by atoms with E-state index in [0.29, 0.717) is 0 Å². The molecule has 105 valence electrons. The van der Waals surface area contributed by atoms with Crippen LogP contribution >= 0.6 is 0 Å². The van der Waals surface area contributed by atoms with Crippen molar-refractivity contribution in [3.05, 3.63) is 95.6 Å². The molecule has 2 aromatic rings. The third-order valence-electron chi connectivity index (χ3n) is 2.64. The first-order valence-electron chi connectivity index (χ1n) is 6.78. The first kappa shape index (κ1) is 19.6. The summed E-state index contributed by atoms with van der Waals surface area (Å²) < 4.78 is 0. The Labute approximate surface area is 144 Å². The van der Waals surface area contributed by atoms with Gasteiger partial charge in [0.15, 0.2) is 0 Å². The monoisotopic (exact) mass is 309 g/mol. The van der Waals surface area contributed by atoms with Crippen LogP contribution in [0.1, 0.15) is 24.5 Å². The van der Waals surface area contributed by atoms with Crippen molar-refractivity contribution in [3.63, 3.8) is 0 Å². The van der Waals surface area contributed by atoms with Crippen LogP contribution in [0.5, 0.6) is 0 Å². The zero-order valence-corrected chi connectivity index (χ0v) is 14.5. The molecule has 0 saturated carbocycles. The van der Waals surface area contributed by atoms with Gasteiger partial charge in [0.2, 0.25) is 0 Å². The Balaban J connectivity index is 0.000000280. The molecule has 0 atom stereocenters. The molecule has 2 aromatic carbocycles. The normalized spacial score (nSPS) is 11.1. The fourth-order valence-corrected chi connectivity index (χ4v) is 1.45. The molecule has 0 nitrogen and oxygen atoms in total. The van der Waals surface area contributed by atoms with Crippen molar-refractivity contribution in [2.75, 3.05) is 0 Å². The van der Waals surface area contributed by atoms with Crippen molar-refractivity contribution in [1.29, 1.82) is 0 Å². The molecule has 1 radical (unpaired) electrons. The van der Waals surface area contributed by atoms with Crippen molar-refractivity contribution in [3.8, 4) is 0 Å². The molecule has 21 heavy (non-hydrogen) atoms. The Kier molecular flexibility index (Phi) is 11.6. The van der Waals surface area contributed by atoms with Gasteiger partial charge in [-0.15, -0.1) is 6.42 Å². The van der Waals surface area contributed by atoms with Gasteiger partial charge in [0.05, 0.1) is 0 Å². The summed E-state index contributed by atoms with van der Waals surface area (Å²) in [5, 5.41) is 0. The predicted octanol–water partition coefficient (Wildman–Crippen LogP) is 5.28. The van der Waals surface area contributed by atoms with Gasteiger partial charge in [-0.2, -0.15) is 77.9 Å². The van der Waals surface area contributed by atoms with Crippen molar-refractivity contribution in [2.24, 2.45) is 0 Å². The standard InChI is InChI=1S/2C7H7.C6H7.Ti/c2*1-7-5-3-2-4-6-7;1-6-4-2-3-5-6;/h2*3-6H,1H3;2,4H,3H2,1H3;/q3*-1;+3. The number of benzene rings is 2. The van der Waals surface area contributed by atoms with Crippen LogP contribution in [0.3, 0.4) is 0 Å². The number of hydrogen-bond donors (Lipinski definition) is 0. The van der Waals surface area contributed by atoms with Crippen LogP contribution in [0.15, 0.2) is 66.3 Å². The molecule has 0 aliphatic heterocycles. The topological polar surface area (TPSA) is 0 Å². The average molecular weight is 309 g/mol. The summed E-state index contributed by atoms with van der Waals surface area (Å²) >= 11 is 0. The second kappa shape index (κ2) is 12.4. The van der Waals surface area contributed by atoms with Crippen LogP contribution in [-0.4, -0.2) is 0 Å². The second-order valence-corrected chi connectivity index (χ2v) is 4.62. The van der Waals surface area contributed by atoms with E-state index in [4.69, 9.17) is 0 Å². The molecule has 0 heterocycles. The molecule has 3 rings (SSSR count). The Bertz CT molecular complexity index is 484. The Hall–Kier alpha value is -1.37. The number of aryl methyl sites for hydroxylation is 2. The van der Waals surface area contributed by atoms with E-state index in [2.05, 4.69) is 51.1 Å². The predicted molar refractivity (Wildman–Crippen MR) is 86.2 cm³/mol. The first-order valence-corrected chi connectivity index (χ1v) is 6.78. The number of rotatable bonds is 0. The fraction of sp³-hybridized carbons (Fsp3) is 0.200. The smallest absolute Gasteiger partial charge is 0.270 e. The molecular formula is C20H21Ti. The summed E-state index contributed by atoms with van der Waals surface area (Å²) in [6.45, 7) is 6.19. The van der Waals surface area contributed by atoms with Crippen molar-refractivity contribution in [1.82, 2.24) is 0 Å². The van der Waals surface area contributed by atoms with Gasteiger partial charge in [0.1, 0.15) is 0 Å². The zero-order chi connectivity index (χ0) is 14.6. The van der Waals surface area contributed by atoms with Gasteiger partial charge in [-0.3, -0.25) is 6.08 Å². The molecule has 1 heteroatoms. The van der Waals surface area contributed by atoms with Crippen LogP contribution in [0.4, 0.5) is 0 Å². The molecule has 0 amide bonds. The minimum absolute atomic E-state index is 0. The summed E-state index contributed by atoms with van der Waals surface area (Å²) in [5.74, 6) is 0. The maximum atomic E-state index is 3.12. The van der Waals surface area contributed by atoms with Crippen LogP contribution in [0, 0.1) is 32.1 Å². The van der Waals surface area contributed by atoms with E-state index >= 15 is 0 Å². The molecule has 0 N–H and O–H groups in total. The summed E-state index contributed by atoms with van der Waals surface area (Å²) in [6.07, 6.45) is 8.33. The van der Waals surface area contributed by atoms with Gasteiger partial charge in [-0.25, -0.2) is 11.6 Å². The molecule has 0 fully saturated rings. The van der Waals surface area contributed by atoms with Crippen molar-refractivity contribution < 1.29 is 21.7 Å². The Morgan fingerprint density at radius 2 is 1.19 bits per heavy atom. The summed E-state index contributed by atoms with van der Waals surface area (Å²) in [7, 11) is 0. The number of allylic oxidation sites excluding steroid dienone is 4. The van der Waals surface area contributed by atoms with E-state index in [1.807, 2.05) is 48.5 Å². The summed E-state index contributed by atoms with van der Waals surface area (Å²) in [6, 6.07) is 21.6. The average Bonchev–Trinajstić information content (AvgIpc) is 2.93. The van der Waals surface area contributed by atoms with Crippen LogP contribution < -0.4 is 0 Å². The Morgan fingerprint density at radius 1 is 0.762 bits per heavy atom. The number of hydrogen-bond acceptors (Lipinski definition) is 0. The van der Waals surface area contributed by atoms with Crippen molar-refractivity contribution >= 4 is 0 Å². The van der Waals surface area contributed by atoms with Crippen LogP contribution in [0.25, 0.3) is 0 Å². The molecule has 0 spiro atoms. The van der Waals surface area contributed by atoms with E-state index in [9.17, 15) is 0 Å². The van der Waals surface area contributed by atoms with Crippen molar-refractivity contribution in [2.45, 2.75) is 27.2 Å². The molecule has 0 unspecified atom stereocenters. The minimum atomic E-state index is 0. The fourth-order valence-electron chi connectivity index (χ4n) is 1.45. The Morgan fingerprint density at radius 3 is 1.33 bits per heavy atom. The van der Waals surface area contributed by atoms with Gasteiger partial charge in [0.25, 0.3) is 0 Å². The van der Waals surface area contributed by atoms with E-state index in [-0.39, 0.29) is 21.7 Å². The van der Waals surface area contributed by atoms with Crippen LogP contribution in [-0.2, 0) is 21.7 Å². The maximum Gasteiger partial charge on any atom is 3.00 e. The molecule has 1 aliphatic rings. The third-order valence-corrected chi connectivity index (χ3v) is 2.64. The summed E-state index contributed by atoms with van der Waals surface area (Å²) in [5.41, 5.74) is 3.85. The molecule has 0 aromatic heterocycles. The molecule has 0 bridgehead atoms. The van der Waals surface area contributed by atoms with Gasteiger partial charge in [-0.05, 0) is 0 Å².